The molecule has 2 aliphatic heterocycles. The minimum absolute atomic E-state index is 0.117. The second-order valence-corrected chi connectivity index (χ2v) is 12.5. The molecule has 2 heterocycles. The maximum atomic E-state index is 14.6. The van der Waals surface area contributed by atoms with Crippen molar-refractivity contribution < 1.29 is 22.4 Å². The number of carbonyl (C=O) groups is 2. The zero-order valence-electron chi connectivity index (χ0n) is 22.1. The van der Waals surface area contributed by atoms with Gasteiger partial charge in [0.1, 0.15) is 11.4 Å². The molecule has 2 fully saturated rings. The summed E-state index contributed by atoms with van der Waals surface area (Å²) in [6, 6.07) is 18.0. The van der Waals surface area contributed by atoms with Crippen LogP contribution in [0.2, 0.25) is 0 Å². The van der Waals surface area contributed by atoms with Gasteiger partial charge in [0, 0.05) is 39.3 Å². The molecule has 5 rings (SSSR count). The van der Waals surface area contributed by atoms with Crippen LogP contribution in [0.15, 0.2) is 71.6 Å². The lowest BCUT2D eigenvalue weighted by Crippen LogP contribution is -2.56. The van der Waals surface area contributed by atoms with Crippen LogP contribution >= 0.6 is 0 Å². The van der Waals surface area contributed by atoms with Crippen LogP contribution in [0.1, 0.15) is 24.0 Å². The number of sulfonamides is 1. The monoisotopic (exact) mass is 550 g/mol. The van der Waals surface area contributed by atoms with Gasteiger partial charge in [-0.25, -0.2) is 21.9 Å². The van der Waals surface area contributed by atoms with E-state index in [0.717, 1.165) is 10.8 Å². The Balaban J connectivity index is 1.47. The molecule has 1 N–H and O–H groups in total. The molecule has 0 aliphatic carbocycles. The maximum Gasteiger partial charge on any atom is 0.329 e. The van der Waals surface area contributed by atoms with Crippen LogP contribution in [-0.4, -0.2) is 62.3 Å². The van der Waals surface area contributed by atoms with Crippen molar-refractivity contribution in [2.45, 2.75) is 36.7 Å². The molecule has 0 bridgehead atoms. The van der Waals surface area contributed by atoms with Gasteiger partial charge in [-0.15, -0.1) is 0 Å². The summed E-state index contributed by atoms with van der Waals surface area (Å²) in [4.78, 5) is 30.2. The smallest absolute Gasteiger partial charge is 0.299 e. The highest BCUT2D eigenvalue weighted by Crippen LogP contribution is 2.42. The lowest BCUT2D eigenvalue weighted by molar-refractivity contribution is -0.124. The summed E-state index contributed by atoms with van der Waals surface area (Å²) in [5, 5.41) is 2.46. The predicted octanol–water partition coefficient (Wildman–Crippen LogP) is 4.14. The molecule has 0 radical (unpaired) electrons. The van der Waals surface area contributed by atoms with Crippen molar-refractivity contribution >= 4 is 27.6 Å². The summed E-state index contributed by atoms with van der Waals surface area (Å²) in [6.45, 7) is 3.97. The van der Waals surface area contributed by atoms with Crippen molar-refractivity contribution in [3.8, 4) is 11.1 Å². The molecule has 2 aliphatic rings. The number of nitrogens with zero attached hydrogens (tertiary/aromatic N) is 3. The summed E-state index contributed by atoms with van der Waals surface area (Å²) < 4.78 is 40.8. The first-order valence-corrected chi connectivity index (χ1v) is 14.2. The summed E-state index contributed by atoms with van der Waals surface area (Å²) in [5.41, 5.74) is 2.62. The lowest BCUT2D eigenvalue weighted by atomic mass is 9.85. The zero-order chi connectivity index (χ0) is 27.9. The number of urea groups is 1. The van der Waals surface area contributed by atoms with Gasteiger partial charge in [0.15, 0.2) is 0 Å². The lowest BCUT2D eigenvalue weighted by Gasteiger charge is -2.42. The van der Waals surface area contributed by atoms with Gasteiger partial charge in [-0.2, -0.15) is 0 Å². The van der Waals surface area contributed by atoms with Gasteiger partial charge in [-0.05, 0) is 61.2 Å². The molecule has 2 saturated heterocycles. The Morgan fingerprint density at radius 3 is 2.31 bits per heavy atom. The van der Waals surface area contributed by atoms with Crippen LogP contribution in [-0.2, 0) is 21.4 Å². The number of amides is 3. The van der Waals surface area contributed by atoms with E-state index in [1.165, 1.54) is 54.4 Å². The van der Waals surface area contributed by atoms with E-state index < -0.39 is 27.4 Å². The minimum Gasteiger partial charge on any atom is -0.299 e. The minimum atomic E-state index is -3.63. The third-order valence-electron chi connectivity index (χ3n) is 7.59. The molecule has 3 aromatic rings. The Morgan fingerprint density at radius 1 is 0.974 bits per heavy atom. The summed E-state index contributed by atoms with van der Waals surface area (Å²) in [7, 11) is -0.719. The van der Waals surface area contributed by atoms with Gasteiger partial charge in [0.25, 0.3) is 5.91 Å². The summed E-state index contributed by atoms with van der Waals surface area (Å²) >= 11 is 0. The van der Waals surface area contributed by atoms with E-state index in [9.17, 15) is 22.4 Å². The standard InChI is InChI=1S/C29H31FN4O4S/c1-20-5-4-6-21(17-20)19-33-15-13-29(14-16-33)27(35)31-28(36)34(29)26-18-23(30)9-12-25(26)22-7-10-24(11-8-22)39(37,38)32(2)3/h4-12,17-18H,13-16,19H2,1-3H3,(H,31,35,36). The fraction of sp³-hybridized carbons (Fsp3) is 0.310. The first kappa shape index (κ1) is 27.0. The van der Waals surface area contributed by atoms with E-state index in [1.54, 1.807) is 18.2 Å². The van der Waals surface area contributed by atoms with Gasteiger partial charge in [0.2, 0.25) is 10.0 Å². The fourth-order valence-electron chi connectivity index (χ4n) is 5.46. The van der Waals surface area contributed by atoms with Crippen molar-refractivity contribution in [2.24, 2.45) is 0 Å². The molecular formula is C29H31FN4O4S. The van der Waals surface area contributed by atoms with Crippen LogP contribution in [0, 0.1) is 12.7 Å². The predicted molar refractivity (Wildman–Crippen MR) is 147 cm³/mol. The van der Waals surface area contributed by atoms with E-state index in [-0.39, 0.29) is 16.5 Å². The number of aryl methyl sites for hydroxylation is 1. The molecule has 1 spiro atoms. The third kappa shape index (κ3) is 4.95. The van der Waals surface area contributed by atoms with E-state index in [2.05, 4.69) is 22.3 Å². The molecule has 204 valence electrons. The average molecular weight is 551 g/mol. The first-order valence-electron chi connectivity index (χ1n) is 12.8. The number of likely N-dealkylation sites (tertiary alicyclic amines) is 1. The van der Waals surface area contributed by atoms with Crippen molar-refractivity contribution in [2.75, 3.05) is 32.1 Å². The SMILES string of the molecule is Cc1cccc(CN2CCC3(CC2)C(=O)NC(=O)N3c2cc(F)ccc2-c2ccc(S(=O)(=O)N(C)C)cc2)c1. The van der Waals surface area contributed by atoms with Crippen LogP contribution in [0.5, 0.6) is 0 Å². The second kappa shape index (κ2) is 10.2. The number of imide groups is 1. The number of anilines is 1. The molecule has 3 amide bonds. The van der Waals surface area contributed by atoms with Crippen molar-refractivity contribution in [3.05, 3.63) is 83.7 Å². The van der Waals surface area contributed by atoms with E-state index >= 15 is 0 Å². The largest absolute Gasteiger partial charge is 0.329 e. The summed E-state index contributed by atoms with van der Waals surface area (Å²) in [5.74, 6) is -0.926. The van der Waals surface area contributed by atoms with Gasteiger partial charge < -0.3 is 0 Å². The number of hydrogen-bond donors (Lipinski definition) is 1. The van der Waals surface area contributed by atoms with Crippen molar-refractivity contribution in [3.63, 3.8) is 0 Å². The normalized spacial score (nSPS) is 17.7. The highest BCUT2D eigenvalue weighted by molar-refractivity contribution is 7.89. The van der Waals surface area contributed by atoms with E-state index in [4.69, 9.17) is 0 Å². The van der Waals surface area contributed by atoms with Crippen molar-refractivity contribution in [1.29, 1.82) is 0 Å². The van der Waals surface area contributed by atoms with Gasteiger partial charge in [0.05, 0.1) is 10.6 Å². The summed E-state index contributed by atoms with van der Waals surface area (Å²) in [6.07, 6.45) is 0.790. The third-order valence-corrected chi connectivity index (χ3v) is 9.42. The molecule has 0 unspecified atom stereocenters. The van der Waals surface area contributed by atoms with Gasteiger partial charge >= 0.3 is 6.03 Å². The van der Waals surface area contributed by atoms with Gasteiger partial charge in [-0.1, -0.05) is 42.0 Å². The number of carbonyl (C=O) groups excluding carboxylic acids is 2. The van der Waals surface area contributed by atoms with E-state index in [1.807, 2.05) is 19.1 Å². The highest BCUT2D eigenvalue weighted by Gasteiger charge is 2.55. The van der Waals surface area contributed by atoms with E-state index in [0.29, 0.717) is 37.1 Å². The fourth-order valence-corrected chi connectivity index (χ4v) is 6.36. The zero-order valence-corrected chi connectivity index (χ0v) is 23.0. The average Bonchev–Trinajstić information content (AvgIpc) is 3.13. The highest BCUT2D eigenvalue weighted by atomic mass is 32.2. The maximum absolute atomic E-state index is 14.6. The molecule has 0 atom stereocenters. The Kier molecular flexibility index (Phi) is 7.04. The number of nitrogens with one attached hydrogen (secondary N) is 1. The molecule has 0 aromatic heterocycles. The van der Waals surface area contributed by atoms with Crippen molar-refractivity contribution in [1.82, 2.24) is 14.5 Å². The Labute approximate surface area is 228 Å². The van der Waals surface area contributed by atoms with Crippen LogP contribution in [0.3, 0.4) is 0 Å². The Morgan fingerprint density at radius 2 is 1.67 bits per heavy atom. The second-order valence-electron chi connectivity index (χ2n) is 10.4. The number of rotatable bonds is 6. The number of halogens is 1. The topological polar surface area (TPSA) is 90.0 Å². The van der Waals surface area contributed by atoms with Crippen LogP contribution < -0.4 is 10.2 Å². The quantitative estimate of drug-likeness (QED) is 0.466. The first-order chi connectivity index (χ1) is 18.5. The van der Waals surface area contributed by atoms with Crippen LogP contribution in [0.4, 0.5) is 14.9 Å². The molecule has 8 nitrogen and oxygen atoms in total. The molecular weight excluding hydrogens is 519 g/mol. The molecule has 39 heavy (non-hydrogen) atoms. The van der Waals surface area contributed by atoms with Gasteiger partial charge in [-0.3, -0.25) is 19.9 Å². The number of hydrogen-bond acceptors (Lipinski definition) is 5. The Bertz CT molecular complexity index is 1530. The molecule has 0 saturated carbocycles. The number of piperidine rings is 1. The number of benzene rings is 3. The van der Waals surface area contributed by atoms with Crippen LogP contribution in [0.25, 0.3) is 11.1 Å². The Hall–Kier alpha value is -3.60. The molecule has 3 aromatic carbocycles. The molecule has 10 heteroatoms.